The highest BCUT2D eigenvalue weighted by atomic mass is 32.2. The summed E-state index contributed by atoms with van der Waals surface area (Å²) in [5.41, 5.74) is 1.83. The molecule has 0 heterocycles. The SMILES string of the molecule is CC(=O)Oc1ccc([C@H](N[S@@](=O)C(C)(C)C)[C@H](C(C)C)N(O)Cc2ccccc2)cc1. The normalized spacial score (nSPS) is 15.0. The minimum Gasteiger partial charge on any atom is -0.427 e. The standard InChI is InChI=1S/C24H34N2O4S/c1-17(2)23(26(28)16-19-10-8-7-9-11-19)22(25-31(29)24(4,5)6)20-12-14-21(15-13-20)30-18(3)27/h7-15,17,22-23,25,28H,16H2,1-6H3/t22-,23-,31-/m0/s1. The first-order chi connectivity index (χ1) is 14.5. The van der Waals surface area contributed by atoms with Crippen molar-refractivity contribution in [1.29, 1.82) is 0 Å². The van der Waals surface area contributed by atoms with E-state index in [-0.39, 0.29) is 17.9 Å². The molecule has 7 heteroatoms. The Balaban J connectivity index is 2.39. The van der Waals surface area contributed by atoms with Crippen LogP contribution in [0.25, 0.3) is 0 Å². The van der Waals surface area contributed by atoms with Gasteiger partial charge in [-0.2, -0.15) is 5.06 Å². The highest BCUT2D eigenvalue weighted by Crippen LogP contribution is 2.30. The van der Waals surface area contributed by atoms with E-state index in [9.17, 15) is 14.2 Å². The summed E-state index contributed by atoms with van der Waals surface area (Å²) in [5.74, 6) is 0.107. The van der Waals surface area contributed by atoms with Crippen molar-refractivity contribution in [3.8, 4) is 5.75 Å². The Hall–Kier alpha value is -2.06. The molecule has 0 saturated carbocycles. The monoisotopic (exact) mass is 446 g/mol. The van der Waals surface area contributed by atoms with E-state index in [1.807, 2.05) is 77.1 Å². The molecule has 6 nitrogen and oxygen atoms in total. The summed E-state index contributed by atoms with van der Waals surface area (Å²) in [5, 5.41) is 12.4. The van der Waals surface area contributed by atoms with Crippen molar-refractivity contribution >= 4 is 17.0 Å². The van der Waals surface area contributed by atoms with Crippen LogP contribution in [0.5, 0.6) is 5.75 Å². The summed E-state index contributed by atoms with van der Waals surface area (Å²) in [6, 6.07) is 16.1. The van der Waals surface area contributed by atoms with Gasteiger partial charge >= 0.3 is 5.97 Å². The third-order valence-electron chi connectivity index (χ3n) is 4.85. The first-order valence-corrected chi connectivity index (χ1v) is 11.6. The van der Waals surface area contributed by atoms with Crippen molar-refractivity contribution in [3.05, 3.63) is 65.7 Å². The zero-order valence-electron chi connectivity index (χ0n) is 19.2. The van der Waals surface area contributed by atoms with Crippen LogP contribution in [0.2, 0.25) is 0 Å². The minimum absolute atomic E-state index is 0.0522. The van der Waals surface area contributed by atoms with E-state index in [0.29, 0.717) is 12.3 Å². The summed E-state index contributed by atoms with van der Waals surface area (Å²) in [6.07, 6.45) is 0. The van der Waals surface area contributed by atoms with Crippen LogP contribution in [0.4, 0.5) is 0 Å². The fraction of sp³-hybridized carbons (Fsp3) is 0.458. The van der Waals surface area contributed by atoms with Gasteiger partial charge in [0.05, 0.1) is 27.8 Å². The van der Waals surface area contributed by atoms with Gasteiger partial charge in [0, 0.05) is 13.5 Å². The molecule has 2 aromatic carbocycles. The molecule has 2 aromatic rings. The molecule has 0 unspecified atom stereocenters. The Morgan fingerprint density at radius 3 is 2.16 bits per heavy atom. The quantitative estimate of drug-likeness (QED) is 0.334. The highest BCUT2D eigenvalue weighted by molar-refractivity contribution is 7.84. The molecule has 0 spiro atoms. The molecule has 0 aliphatic carbocycles. The number of hydroxylamine groups is 2. The molecule has 0 aromatic heterocycles. The molecule has 0 saturated heterocycles. The fourth-order valence-electron chi connectivity index (χ4n) is 3.31. The predicted octanol–water partition coefficient (Wildman–Crippen LogP) is 4.62. The Morgan fingerprint density at radius 1 is 1.10 bits per heavy atom. The third kappa shape index (κ3) is 7.54. The molecule has 0 radical (unpaired) electrons. The first kappa shape index (κ1) is 25.2. The third-order valence-corrected chi connectivity index (χ3v) is 6.43. The van der Waals surface area contributed by atoms with Gasteiger partial charge in [-0.15, -0.1) is 0 Å². The molecule has 0 amide bonds. The van der Waals surface area contributed by atoms with E-state index in [2.05, 4.69) is 4.72 Å². The topological polar surface area (TPSA) is 78.9 Å². The maximum atomic E-state index is 13.0. The Kier molecular flexibility index (Phi) is 8.94. The van der Waals surface area contributed by atoms with E-state index in [1.165, 1.54) is 12.0 Å². The number of esters is 1. The lowest BCUT2D eigenvalue weighted by atomic mass is 9.91. The smallest absolute Gasteiger partial charge is 0.308 e. The largest absolute Gasteiger partial charge is 0.427 e. The van der Waals surface area contributed by atoms with Gasteiger partial charge in [0.25, 0.3) is 0 Å². The van der Waals surface area contributed by atoms with Crippen LogP contribution in [0, 0.1) is 5.92 Å². The van der Waals surface area contributed by atoms with Gasteiger partial charge < -0.3 is 9.94 Å². The molecular weight excluding hydrogens is 412 g/mol. The van der Waals surface area contributed by atoms with Gasteiger partial charge in [0.15, 0.2) is 0 Å². The van der Waals surface area contributed by atoms with Crippen LogP contribution in [-0.2, 0) is 22.3 Å². The highest BCUT2D eigenvalue weighted by Gasteiger charge is 2.34. The lowest BCUT2D eigenvalue weighted by Gasteiger charge is -2.37. The Morgan fingerprint density at radius 2 is 1.68 bits per heavy atom. The summed E-state index contributed by atoms with van der Waals surface area (Å²) in [4.78, 5) is 11.2. The van der Waals surface area contributed by atoms with Crippen molar-refractivity contribution in [2.24, 2.45) is 5.92 Å². The maximum absolute atomic E-state index is 13.0. The van der Waals surface area contributed by atoms with Crippen LogP contribution in [-0.4, -0.2) is 31.2 Å². The fourth-order valence-corrected chi connectivity index (χ4v) is 4.17. The van der Waals surface area contributed by atoms with E-state index in [1.54, 1.807) is 12.1 Å². The minimum atomic E-state index is -1.36. The number of rotatable bonds is 9. The molecule has 0 aliphatic heterocycles. The molecular formula is C24H34N2O4S. The van der Waals surface area contributed by atoms with E-state index < -0.39 is 21.8 Å². The van der Waals surface area contributed by atoms with Gasteiger partial charge in [-0.05, 0) is 49.9 Å². The van der Waals surface area contributed by atoms with Crippen molar-refractivity contribution in [1.82, 2.24) is 9.79 Å². The summed E-state index contributed by atoms with van der Waals surface area (Å²) >= 11 is 0. The lowest BCUT2D eigenvalue weighted by Crippen LogP contribution is -2.48. The average molecular weight is 447 g/mol. The molecule has 2 N–H and O–H groups in total. The average Bonchev–Trinajstić information content (AvgIpc) is 2.67. The van der Waals surface area contributed by atoms with Gasteiger partial charge in [-0.1, -0.05) is 56.3 Å². The van der Waals surface area contributed by atoms with Crippen molar-refractivity contribution < 1.29 is 18.9 Å². The van der Waals surface area contributed by atoms with E-state index >= 15 is 0 Å². The molecule has 0 bridgehead atoms. The molecule has 3 atom stereocenters. The second kappa shape index (κ2) is 11.0. The zero-order valence-corrected chi connectivity index (χ0v) is 20.0. The summed E-state index contributed by atoms with van der Waals surface area (Å²) in [6.45, 7) is 11.5. The van der Waals surface area contributed by atoms with Gasteiger partial charge in [-0.3, -0.25) is 4.79 Å². The van der Waals surface area contributed by atoms with Crippen LogP contribution >= 0.6 is 0 Å². The number of ether oxygens (including phenoxy) is 1. The number of carbonyl (C=O) groups is 1. The predicted molar refractivity (Wildman–Crippen MR) is 124 cm³/mol. The van der Waals surface area contributed by atoms with Gasteiger partial charge in [0.2, 0.25) is 0 Å². The number of carbonyl (C=O) groups excluding carboxylic acids is 1. The number of hydrogen-bond donors (Lipinski definition) is 2. The number of benzene rings is 2. The van der Waals surface area contributed by atoms with E-state index in [0.717, 1.165) is 11.1 Å². The second-order valence-corrected chi connectivity index (χ2v) is 11.0. The van der Waals surface area contributed by atoms with Crippen LogP contribution in [0.1, 0.15) is 58.7 Å². The lowest BCUT2D eigenvalue weighted by molar-refractivity contribution is -0.154. The van der Waals surface area contributed by atoms with E-state index in [4.69, 9.17) is 4.74 Å². The van der Waals surface area contributed by atoms with Crippen molar-refractivity contribution in [2.75, 3.05) is 0 Å². The molecule has 31 heavy (non-hydrogen) atoms. The summed E-state index contributed by atoms with van der Waals surface area (Å²) in [7, 11) is -1.36. The second-order valence-electron chi connectivity index (χ2n) is 8.96. The molecule has 0 fully saturated rings. The first-order valence-electron chi connectivity index (χ1n) is 10.4. The Bertz CT molecular complexity index is 863. The molecule has 0 aliphatic rings. The number of hydrogen-bond acceptors (Lipinski definition) is 5. The zero-order chi connectivity index (χ0) is 23.2. The number of nitrogens with one attached hydrogen (secondary N) is 1. The molecule has 2 rings (SSSR count). The van der Waals surface area contributed by atoms with Gasteiger partial charge in [0.1, 0.15) is 5.75 Å². The van der Waals surface area contributed by atoms with Crippen LogP contribution in [0.15, 0.2) is 54.6 Å². The van der Waals surface area contributed by atoms with Gasteiger partial charge in [-0.25, -0.2) is 8.93 Å². The Labute approximate surface area is 188 Å². The van der Waals surface area contributed by atoms with Crippen LogP contribution < -0.4 is 9.46 Å². The number of nitrogens with zero attached hydrogens (tertiary/aromatic N) is 1. The maximum Gasteiger partial charge on any atom is 0.308 e. The van der Waals surface area contributed by atoms with Crippen LogP contribution in [0.3, 0.4) is 0 Å². The summed E-state index contributed by atoms with van der Waals surface area (Å²) < 4.78 is 20.9. The van der Waals surface area contributed by atoms with Crippen molar-refractivity contribution in [2.45, 2.75) is 64.9 Å². The molecule has 170 valence electrons. The van der Waals surface area contributed by atoms with Crippen molar-refractivity contribution in [3.63, 3.8) is 0 Å².